The summed E-state index contributed by atoms with van der Waals surface area (Å²) in [5, 5.41) is 9.84. The van der Waals surface area contributed by atoms with Crippen LogP contribution >= 0.6 is 11.8 Å². The van der Waals surface area contributed by atoms with E-state index in [1.54, 1.807) is 17.8 Å². The van der Waals surface area contributed by atoms with Crippen LogP contribution in [0.5, 0.6) is 0 Å². The first-order valence-corrected chi connectivity index (χ1v) is 6.54. The topological polar surface area (TPSA) is 36.7 Å². The molecule has 1 aromatic heterocycles. The predicted molar refractivity (Wildman–Crippen MR) is 73.7 cm³/mol. The highest BCUT2D eigenvalue weighted by molar-refractivity contribution is 7.99. The number of hydrogen-bond acceptors (Lipinski definition) is 3. The highest BCUT2D eigenvalue weighted by Crippen LogP contribution is 2.30. The minimum absolute atomic E-state index is 0.662. The van der Waals surface area contributed by atoms with E-state index in [4.69, 9.17) is 5.26 Å². The van der Waals surface area contributed by atoms with Crippen molar-refractivity contribution < 1.29 is 0 Å². The Labute approximate surface area is 112 Å². The van der Waals surface area contributed by atoms with Gasteiger partial charge in [-0.25, -0.2) is 4.98 Å². The maximum Gasteiger partial charge on any atom is 0.102 e. The van der Waals surface area contributed by atoms with Gasteiger partial charge in [-0.15, -0.1) is 0 Å². The van der Waals surface area contributed by atoms with E-state index >= 15 is 0 Å². The molecule has 0 aliphatic heterocycles. The van der Waals surface area contributed by atoms with Gasteiger partial charge in [0.1, 0.15) is 5.03 Å². The van der Waals surface area contributed by atoms with Crippen molar-refractivity contribution in [2.45, 2.75) is 30.7 Å². The number of nitrogens with zero attached hydrogens (tertiary/aromatic N) is 2. The quantitative estimate of drug-likeness (QED) is 0.812. The van der Waals surface area contributed by atoms with E-state index in [0.29, 0.717) is 5.56 Å². The molecule has 0 fully saturated rings. The molecule has 0 radical (unpaired) electrons. The molecule has 90 valence electrons. The molecule has 0 amide bonds. The Hall–Kier alpha value is -1.79. The Balaban J connectivity index is 2.37. The summed E-state index contributed by atoms with van der Waals surface area (Å²) in [4.78, 5) is 5.65. The van der Waals surface area contributed by atoms with E-state index in [1.165, 1.54) is 16.0 Å². The number of aryl methyl sites for hydroxylation is 3. The molecule has 0 N–H and O–H groups in total. The third kappa shape index (κ3) is 2.91. The summed E-state index contributed by atoms with van der Waals surface area (Å²) in [5.41, 5.74) is 4.00. The average molecular weight is 254 g/mol. The average Bonchev–Trinajstić information content (AvgIpc) is 2.33. The SMILES string of the molecule is Cc1ccc(C)c(Sc2cc(C#N)cc(C)n2)c1. The molecule has 2 nitrogen and oxygen atoms in total. The van der Waals surface area contributed by atoms with Crippen molar-refractivity contribution in [1.82, 2.24) is 4.98 Å². The van der Waals surface area contributed by atoms with Crippen molar-refractivity contribution in [1.29, 1.82) is 5.26 Å². The van der Waals surface area contributed by atoms with Crippen LogP contribution in [-0.4, -0.2) is 4.98 Å². The van der Waals surface area contributed by atoms with Gasteiger partial charge < -0.3 is 0 Å². The first-order chi connectivity index (χ1) is 8.58. The smallest absolute Gasteiger partial charge is 0.102 e. The number of pyridine rings is 1. The van der Waals surface area contributed by atoms with Gasteiger partial charge in [-0.05, 0) is 50.1 Å². The van der Waals surface area contributed by atoms with Crippen LogP contribution < -0.4 is 0 Å². The lowest BCUT2D eigenvalue weighted by molar-refractivity contribution is 1.05. The summed E-state index contributed by atoms with van der Waals surface area (Å²) >= 11 is 1.61. The van der Waals surface area contributed by atoms with Crippen molar-refractivity contribution in [3.8, 4) is 6.07 Å². The normalized spacial score (nSPS) is 10.1. The van der Waals surface area contributed by atoms with Crippen molar-refractivity contribution in [3.63, 3.8) is 0 Å². The van der Waals surface area contributed by atoms with Crippen LogP contribution in [0, 0.1) is 32.1 Å². The zero-order valence-corrected chi connectivity index (χ0v) is 11.5. The molecule has 3 heteroatoms. The van der Waals surface area contributed by atoms with E-state index in [9.17, 15) is 0 Å². The van der Waals surface area contributed by atoms with Gasteiger partial charge in [-0.2, -0.15) is 5.26 Å². The molecule has 2 rings (SSSR count). The van der Waals surface area contributed by atoms with Crippen molar-refractivity contribution in [2.75, 3.05) is 0 Å². The Morgan fingerprint density at radius 1 is 1.11 bits per heavy atom. The number of nitriles is 1. The minimum Gasteiger partial charge on any atom is -0.246 e. The molecule has 0 aliphatic rings. The summed E-state index contributed by atoms with van der Waals surface area (Å²) in [5.74, 6) is 0. The van der Waals surface area contributed by atoms with Gasteiger partial charge in [0, 0.05) is 10.6 Å². The summed E-state index contributed by atoms with van der Waals surface area (Å²) < 4.78 is 0. The number of benzene rings is 1. The lowest BCUT2D eigenvalue weighted by atomic mass is 10.2. The van der Waals surface area contributed by atoms with E-state index in [0.717, 1.165) is 10.7 Å². The fraction of sp³-hybridized carbons (Fsp3) is 0.200. The van der Waals surface area contributed by atoms with Gasteiger partial charge in [0.15, 0.2) is 0 Å². The van der Waals surface area contributed by atoms with Crippen LogP contribution in [0.2, 0.25) is 0 Å². The zero-order valence-electron chi connectivity index (χ0n) is 10.7. The molecular weight excluding hydrogens is 240 g/mol. The predicted octanol–water partition coefficient (Wildman–Crippen LogP) is 4.03. The second-order valence-electron chi connectivity index (χ2n) is 4.32. The fourth-order valence-corrected chi connectivity index (χ4v) is 2.76. The van der Waals surface area contributed by atoms with Gasteiger partial charge in [0.25, 0.3) is 0 Å². The maximum absolute atomic E-state index is 8.96. The Morgan fingerprint density at radius 3 is 2.61 bits per heavy atom. The molecule has 18 heavy (non-hydrogen) atoms. The summed E-state index contributed by atoms with van der Waals surface area (Å²) in [6.45, 7) is 6.07. The first-order valence-electron chi connectivity index (χ1n) is 5.72. The van der Waals surface area contributed by atoms with Crippen LogP contribution in [0.1, 0.15) is 22.4 Å². The summed E-state index contributed by atoms with van der Waals surface area (Å²) in [6, 6.07) is 12.2. The van der Waals surface area contributed by atoms with Gasteiger partial charge in [-0.3, -0.25) is 0 Å². The van der Waals surface area contributed by atoms with Gasteiger partial charge in [0.2, 0.25) is 0 Å². The van der Waals surface area contributed by atoms with Crippen LogP contribution in [-0.2, 0) is 0 Å². The van der Waals surface area contributed by atoms with Crippen LogP contribution in [0.15, 0.2) is 40.3 Å². The Morgan fingerprint density at radius 2 is 1.89 bits per heavy atom. The molecule has 0 atom stereocenters. The fourth-order valence-electron chi connectivity index (χ4n) is 1.68. The molecule has 1 aromatic carbocycles. The summed E-state index contributed by atoms with van der Waals surface area (Å²) in [6.07, 6.45) is 0. The molecule has 0 aliphatic carbocycles. The number of rotatable bonds is 2. The number of aromatic nitrogens is 1. The molecular formula is C15H14N2S. The highest BCUT2D eigenvalue weighted by Gasteiger charge is 2.05. The molecule has 1 heterocycles. The second-order valence-corrected chi connectivity index (χ2v) is 5.38. The lowest BCUT2D eigenvalue weighted by Crippen LogP contribution is -1.89. The standard InChI is InChI=1S/C15H14N2S/c1-10-4-5-11(2)14(6-10)18-15-8-13(9-16)7-12(3)17-15/h4-8H,1-3H3. The molecule has 2 aromatic rings. The van der Waals surface area contributed by atoms with Crippen molar-refractivity contribution in [2.24, 2.45) is 0 Å². The monoisotopic (exact) mass is 254 g/mol. The molecule has 0 bridgehead atoms. The van der Waals surface area contributed by atoms with E-state index in [-0.39, 0.29) is 0 Å². The lowest BCUT2D eigenvalue weighted by Gasteiger charge is -2.07. The summed E-state index contributed by atoms with van der Waals surface area (Å²) in [7, 11) is 0. The highest BCUT2D eigenvalue weighted by atomic mass is 32.2. The van der Waals surface area contributed by atoms with Gasteiger partial charge >= 0.3 is 0 Å². The second kappa shape index (κ2) is 5.24. The van der Waals surface area contributed by atoms with E-state index < -0.39 is 0 Å². The third-order valence-corrected chi connectivity index (χ3v) is 3.70. The molecule has 0 saturated heterocycles. The zero-order chi connectivity index (χ0) is 13.1. The Bertz CT molecular complexity index is 627. The van der Waals surface area contributed by atoms with Crippen LogP contribution in [0.25, 0.3) is 0 Å². The van der Waals surface area contributed by atoms with Crippen molar-refractivity contribution >= 4 is 11.8 Å². The van der Waals surface area contributed by atoms with E-state index in [1.807, 2.05) is 13.0 Å². The molecule has 0 spiro atoms. The van der Waals surface area contributed by atoms with Gasteiger partial charge in [-0.1, -0.05) is 23.9 Å². The number of hydrogen-bond donors (Lipinski definition) is 0. The maximum atomic E-state index is 8.96. The first kappa shape index (κ1) is 12.7. The molecule has 0 unspecified atom stereocenters. The van der Waals surface area contributed by atoms with Crippen LogP contribution in [0.3, 0.4) is 0 Å². The van der Waals surface area contributed by atoms with Crippen molar-refractivity contribution in [3.05, 3.63) is 52.7 Å². The Kier molecular flexibility index (Phi) is 3.69. The van der Waals surface area contributed by atoms with E-state index in [2.05, 4.69) is 43.1 Å². The largest absolute Gasteiger partial charge is 0.246 e. The van der Waals surface area contributed by atoms with Gasteiger partial charge in [0.05, 0.1) is 11.6 Å². The minimum atomic E-state index is 0.662. The third-order valence-electron chi connectivity index (χ3n) is 2.62. The van der Waals surface area contributed by atoms with Crippen LogP contribution in [0.4, 0.5) is 0 Å². The molecule has 0 saturated carbocycles.